The second-order valence-electron chi connectivity index (χ2n) is 4.90. The van der Waals surface area contributed by atoms with Crippen molar-refractivity contribution in [2.24, 2.45) is 0 Å². The lowest BCUT2D eigenvalue weighted by atomic mass is 9.99. The maximum atomic E-state index is 12.1. The number of carbonyl (C=O) groups excluding carboxylic acids is 1. The van der Waals surface area contributed by atoms with Crippen LogP contribution in [0.1, 0.15) is 16.7 Å². The Morgan fingerprint density at radius 2 is 1.70 bits per heavy atom. The first-order valence-corrected chi connectivity index (χ1v) is 6.10. The quantitative estimate of drug-likeness (QED) is 0.853. The van der Waals surface area contributed by atoms with Crippen molar-refractivity contribution in [3.63, 3.8) is 0 Å². The Labute approximate surface area is 116 Å². The van der Waals surface area contributed by atoms with Crippen molar-refractivity contribution in [3.05, 3.63) is 28.8 Å². The third-order valence-corrected chi connectivity index (χ3v) is 2.90. The van der Waals surface area contributed by atoms with E-state index in [4.69, 9.17) is 4.74 Å². The van der Waals surface area contributed by atoms with Gasteiger partial charge >= 0.3 is 6.18 Å². The Morgan fingerprint density at radius 1 is 1.20 bits per heavy atom. The number of carbonyl (C=O) groups is 1. The van der Waals surface area contributed by atoms with Crippen LogP contribution in [0.25, 0.3) is 0 Å². The molecule has 0 aliphatic carbocycles. The molecule has 6 heteroatoms. The number of ether oxygens (including phenoxy) is 1. The van der Waals surface area contributed by atoms with Crippen LogP contribution in [-0.2, 0) is 11.2 Å². The zero-order valence-corrected chi connectivity index (χ0v) is 12.0. The van der Waals surface area contributed by atoms with Crippen LogP contribution in [0.4, 0.5) is 13.2 Å². The Bertz CT molecular complexity index is 473. The van der Waals surface area contributed by atoms with E-state index in [-0.39, 0.29) is 18.1 Å². The van der Waals surface area contributed by atoms with Gasteiger partial charge in [-0.25, -0.2) is 0 Å². The number of rotatable bonds is 4. The first kappa shape index (κ1) is 16.3. The van der Waals surface area contributed by atoms with Crippen molar-refractivity contribution in [3.8, 4) is 5.75 Å². The highest BCUT2D eigenvalue weighted by atomic mass is 19.4. The predicted octanol–water partition coefficient (Wildman–Crippen LogP) is 2.88. The molecule has 0 saturated heterocycles. The summed E-state index contributed by atoms with van der Waals surface area (Å²) >= 11 is 0. The van der Waals surface area contributed by atoms with Gasteiger partial charge in [0.05, 0.1) is 6.42 Å². The van der Waals surface area contributed by atoms with Crippen molar-refractivity contribution in [1.29, 1.82) is 0 Å². The van der Waals surface area contributed by atoms with E-state index in [2.05, 4.69) is 0 Å². The van der Waals surface area contributed by atoms with Crippen LogP contribution in [0.5, 0.6) is 5.75 Å². The molecule has 0 spiro atoms. The van der Waals surface area contributed by atoms with Gasteiger partial charge in [0.1, 0.15) is 5.75 Å². The molecule has 0 heterocycles. The van der Waals surface area contributed by atoms with Crippen molar-refractivity contribution in [1.82, 2.24) is 4.90 Å². The third-order valence-electron chi connectivity index (χ3n) is 2.90. The molecule has 0 aromatic heterocycles. The van der Waals surface area contributed by atoms with Crippen molar-refractivity contribution >= 4 is 5.91 Å². The highest BCUT2D eigenvalue weighted by Crippen LogP contribution is 2.24. The molecule has 0 aliphatic rings. The van der Waals surface area contributed by atoms with Gasteiger partial charge in [0.15, 0.2) is 6.61 Å². The Morgan fingerprint density at radius 3 is 2.10 bits per heavy atom. The smallest absolute Gasteiger partial charge is 0.422 e. The number of hydrogen-bond donors (Lipinski definition) is 0. The summed E-state index contributed by atoms with van der Waals surface area (Å²) in [7, 11) is 3.32. The zero-order chi connectivity index (χ0) is 15.5. The van der Waals surface area contributed by atoms with Gasteiger partial charge in [0.25, 0.3) is 0 Å². The molecule has 0 unspecified atom stereocenters. The second-order valence-corrected chi connectivity index (χ2v) is 4.90. The number of aryl methyl sites for hydroxylation is 2. The van der Waals surface area contributed by atoms with Crippen LogP contribution in [0.2, 0.25) is 0 Å². The van der Waals surface area contributed by atoms with E-state index in [0.717, 1.165) is 16.7 Å². The fraction of sp³-hybridized carbons (Fsp3) is 0.500. The van der Waals surface area contributed by atoms with Gasteiger partial charge in [-0.2, -0.15) is 13.2 Å². The molecule has 0 atom stereocenters. The Kier molecular flexibility index (Phi) is 5.03. The molecule has 0 fully saturated rings. The molecule has 0 bridgehead atoms. The van der Waals surface area contributed by atoms with Crippen LogP contribution >= 0.6 is 0 Å². The van der Waals surface area contributed by atoms with Gasteiger partial charge in [-0.15, -0.1) is 0 Å². The summed E-state index contributed by atoms with van der Waals surface area (Å²) in [5.74, 6) is 0.110. The molecule has 1 amide bonds. The Hall–Kier alpha value is -1.72. The van der Waals surface area contributed by atoms with Gasteiger partial charge in [0, 0.05) is 14.1 Å². The van der Waals surface area contributed by atoms with Crippen molar-refractivity contribution in [2.45, 2.75) is 26.4 Å². The lowest BCUT2D eigenvalue weighted by Crippen LogP contribution is -2.24. The molecule has 20 heavy (non-hydrogen) atoms. The van der Waals surface area contributed by atoms with E-state index in [9.17, 15) is 18.0 Å². The molecule has 0 radical (unpaired) electrons. The van der Waals surface area contributed by atoms with Crippen molar-refractivity contribution < 1.29 is 22.7 Å². The average Bonchev–Trinajstić information content (AvgIpc) is 2.29. The molecular formula is C14H18F3NO2. The summed E-state index contributed by atoms with van der Waals surface area (Å²) in [4.78, 5) is 13.2. The van der Waals surface area contributed by atoms with E-state index >= 15 is 0 Å². The molecule has 0 N–H and O–H groups in total. The highest BCUT2D eigenvalue weighted by molar-refractivity contribution is 5.79. The largest absolute Gasteiger partial charge is 0.484 e. The average molecular weight is 289 g/mol. The lowest BCUT2D eigenvalue weighted by molar-refractivity contribution is -0.153. The number of hydrogen-bond acceptors (Lipinski definition) is 2. The number of nitrogens with zero attached hydrogens (tertiary/aromatic N) is 1. The highest BCUT2D eigenvalue weighted by Gasteiger charge is 2.28. The van der Waals surface area contributed by atoms with Crippen LogP contribution in [0.3, 0.4) is 0 Å². The summed E-state index contributed by atoms with van der Waals surface area (Å²) in [6.07, 6.45) is -4.13. The van der Waals surface area contributed by atoms with Gasteiger partial charge in [-0.1, -0.05) is 0 Å². The molecule has 1 aromatic rings. The number of benzene rings is 1. The predicted molar refractivity (Wildman–Crippen MR) is 69.9 cm³/mol. The molecular weight excluding hydrogens is 271 g/mol. The normalized spacial score (nSPS) is 11.3. The van der Waals surface area contributed by atoms with E-state index in [1.54, 1.807) is 27.9 Å². The summed E-state index contributed by atoms with van der Waals surface area (Å²) in [5.41, 5.74) is 2.32. The first-order chi connectivity index (χ1) is 9.10. The maximum Gasteiger partial charge on any atom is 0.422 e. The number of likely N-dealkylation sites (N-methyl/N-ethyl adjacent to an activating group) is 1. The van der Waals surface area contributed by atoms with E-state index < -0.39 is 12.8 Å². The summed E-state index contributed by atoms with van der Waals surface area (Å²) in [6.45, 7) is 2.19. The molecule has 1 aromatic carbocycles. The standard InChI is InChI=1S/C14H18F3NO2/c1-9-5-11(20-8-14(15,16)17)6-10(2)12(9)7-13(19)18(3)4/h5-6H,7-8H2,1-4H3. The molecule has 3 nitrogen and oxygen atoms in total. The van der Waals surface area contributed by atoms with Gasteiger partial charge < -0.3 is 9.64 Å². The Balaban J connectivity index is 2.89. The van der Waals surface area contributed by atoms with Crippen molar-refractivity contribution in [2.75, 3.05) is 20.7 Å². The molecule has 0 aliphatic heterocycles. The lowest BCUT2D eigenvalue weighted by Gasteiger charge is -2.16. The molecule has 112 valence electrons. The molecule has 0 saturated carbocycles. The SMILES string of the molecule is Cc1cc(OCC(F)(F)F)cc(C)c1CC(=O)N(C)C. The van der Waals surface area contributed by atoms with Gasteiger partial charge in [-0.05, 0) is 42.7 Å². The summed E-state index contributed by atoms with van der Waals surface area (Å²) in [6, 6.07) is 3.05. The topological polar surface area (TPSA) is 29.5 Å². The number of amides is 1. The second kappa shape index (κ2) is 6.15. The van der Waals surface area contributed by atoms with E-state index in [1.807, 2.05) is 0 Å². The summed E-state index contributed by atoms with van der Waals surface area (Å²) in [5, 5.41) is 0. The molecule has 1 rings (SSSR count). The fourth-order valence-corrected chi connectivity index (χ4v) is 1.79. The van der Waals surface area contributed by atoms with Crippen LogP contribution < -0.4 is 4.74 Å². The minimum Gasteiger partial charge on any atom is -0.484 e. The minimum atomic E-state index is -4.36. The van der Waals surface area contributed by atoms with Crippen LogP contribution in [0.15, 0.2) is 12.1 Å². The maximum absolute atomic E-state index is 12.1. The van der Waals surface area contributed by atoms with E-state index in [1.165, 1.54) is 17.0 Å². The third kappa shape index (κ3) is 4.75. The minimum absolute atomic E-state index is 0.0554. The first-order valence-electron chi connectivity index (χ1n) is 6.10. The van der Waals surface area contributed by atoms with Crippen LogP contribution in [-0.4, -0.2) is 37.7 Å². The van der Waals surface area contributed by atoms with Gasteiger partial charge in [0.2, 0.25) is 5.91 Å². The van der Waals surface area contributed by atoms with E-state index in [0.29, 0.717) is 0 Å². The number of alkyl halides is 3. The van der Waals surface area contributed by atoms with Gasteiger partial charge in [-0.3, -0.25) is 4.79 Å². The monoisotopic (exact) mass is 289 g/mol. The fourth-order valence-electron chi connectivity index (χ4n) is 1.79. The number of halogens is 3. The zero-order valence-electron chi connectivity index (χ0n) is 12.0. The summed E-state index contributed by atoms with van der Waals surface area (Å²) < 4.78 is 41.0. The van der Waals surface area contributed by atoms with Crippen LogP contribution in [0, 0.1) is 13.8 Å².